The topological polar surface area (TPSA) is 18.5 Å². The van der Waals surface area contributed by atoms with Crippen LogP contribution in [-0.2, 0) is 6.42 Å². The van der Waals surface area contributed by atoms with E-state index in [1.807, 2.05) is 0 Å². The predicted octanol–water partition coefficient (Wildman–Crippen LogP) is 8.41. The summed E-state index contributed by atoms with van der Waals surface area (Å²) in [5.41, 5.74) is 4.10. The zero-order valence-corrected chi connectivity index (χ0v) is 21.6. The standard InChI is InChI=1S/C27H44O2Si/c1-8-12-13-14-21-18-24-26(25(19-21)29-30(9-2,10-3)11-4)22-17-20(5)15-16-23(22)27(6,7)28-24/h17-19,22-23H,8-16H2,1-7H3/t22-,23-/m0/s1. The Hall–Kier alpha value is -1.22. The van der Waals surface area contributed by atoms with Gasteiger partial charge in [0.1, 0.15) is 17.1 Å². The van der Waals surface area contributed by atoms with Crippen LogP contribution in [-0.4, -0.2) is 13.9 Å². The van der Waals surface area contributed by atoms with Gasteiger partial charge in [0.15, 0.2) is 0 Å². The number of aryl methyl sites for hydroxylation is 1. The highest BCUT2D eigenvalue weighted by Gasteiger charge is 2.46. The van der Waals surface area contributed by atoms with Crippen LogP contribution in [0.15, 0.2) is 23.8 Å². The van der Waals surface area contributed by atoms with Gasteiger partial charge in [0.25, 0.3) is 0 Å². The third-order valence-electron chi connectivity index (χ3n) is 7.84. The normalized spacial score (nSPS) is 22.6. The molecule has 2 aliphatic rings. The van der Waals surface area contributed by atoms with Crippen LogP contribution >= 0.6 is 0 Å². The summed E-state index contributed by atoms with van der Waals surface area (Å²) < 4.78 is 13.8. The lowest BCUT2D eigenvalue weighted by Gasteiger charge is -2.47. The van der Waals surface area contributed by atoms with Crippen molar-refractivity contribution in [2.75, 3.05) is 0 Å². The van der Waals surface area contributed by atoms with Crippen molar-refractivity contribution in [2.45, 2.75) is 117 Å². The molecule has 3 heteroatoms. The van der Waals surface area contributed by atoms with Gasteiger partial charge in [-0.1, -0.05) is 52.2 Å². The van der Waals surface area contributed by atoms with E-state index in [-0.39, 0.29) is 5.60 Å². The minimum atomic E-state index is -1.76. The van der Waals surface area contributed by atoms with Gasteiger partial charge in [0, 0.05) is 17.4 Å². The highest BCUT2D eigenvalue weighted by atomic mass is 28.4. The summed E-state index contributed by atoms with van der Waals surface area (Å²) >= 11 is 0. The maximum Gasteiger partial charge on any atom is 0.250 e. The molecule has 0 N–H and O–H groups in total. The number of benzene rings is 1. The van der Waals surface area contributed by atoms with E-state index in [2.05, 4.69) is 66.7 Å². The van der Waals surface area contributed by atoms with Crippen LogP contribution < -0.4 is 9.16 Å². The van der Waals surface area contributed by atoms with Crippen LogP contribution in [0.4, 0.5) is 0 Å². The van der Waals surface area contributed by atoms with Crippen LogP contribution in [0.2, 0.25) is 18.1 Å². The molecule has 0 saturated carbocycles. The minimum Gasteiger partial charge on any atom is -0.543 e. The average molecular weight is 429 g/mol. The van der Waals surface area contributed by atoms with Gasteiger partial charge in [-0.3, -0.25) is 0 Å². The number of rotatable bonds is 9. The number of hydrogen-bond donors (Lipinski definition) is 0. The molecule has 0 unspecified atom stereocenters. The van der Waals surface area contributed by atoms with Gasteiger partial charge in [-0.05, 0) is 82.3 Å². The van der Waals surface area contributed by atoms with Gasteiger partial charge >= 0.3 is 0 Å². The lowest BCUT2D eigenvalue weighted by Crippen LogP contribution is -2.46. The molecule has 0 radical (unpaired) electrons. The first-order chi connectivity index (χ1) is 14.3. The van der Waals surface area contributed by atoms with E-state index in [0.29, 0.717) is 11.8 Å². The van der Waals surface area contributed by atoms with E-state index in [4.69, 9.17) is 9.16 Å². The molecular formula is C27H44O2Si. The van der Waals surface area contributed by atoms with Crippen molar-refractivity contribution in [2.24, 2.45) is 5.92 Å². The van der Waals surface area contributed by atoms with Crippen LogP contribution in [0.25, 0.3) is 0 Å². The highest BCUT2D eigenvalue weighted by Crippen LogP contribution is 2.54. The lowest BCUT2D eigenvalue weighted by molar-refractivity contribution is 0.0110. The molecule has 0 fully saturated rings. The van der Waals surface area contributed by atoms with Crippen molar-refractivity contribution in [3.63, 3.8) is 0 Å². The largest absolute Gasteiger partial charge is 0.543 e. The van der Waals surface area contributed by atoms with Crippen LogP contribution in [0.5, 0.6) is 11.5 Å². The molecule has 1 aliphatic carbocycles. The molecule has 3 rings (SSSR count). The number of unbranched alkanes of at least 4 members (excludes halogenated alkanes) is 2. The Balaban J connectivity index is 2.12. The van der Waals surface area contributed by atoms with Crippen LogP contribution in [0, 0.1) is 5.92 Å². The number of allylic oxidation sites excluding steroid dienone is 2. The van der Waals surface area contributed by atoms with Gasteiger partial charge < -0.3 is 9.16 Å². The van der Waals surface area contributed by atoms with E-state index in [0.717, 1.165) is 17.9 Å². The Bertz CT molecular complexity index is 752. The summed E-state index contributed by atoms with van der Waals surface area (Å²) in [5.74, 6) is 3.16. The van der Waals surface area contributed by atoms with Crippen molar-refractivity contribution < 1.29 is 9.16 Å². The van der Waals surface area contributed by atoms with Crippen molar-refractivity contribution >= 4 is 8.32 Å². The third-order valence-corrected chi connectivity index (χ3v) is 12.4. The maximum atomic E-state index is 7.08. The first kappa shape index (κ1) is 23.4. The van der Waals surface area contributed by atoms with Gasteiger partial charge in [0.05, 0.1) is 0 Å². The molecule has 0 aromatic heterocycles. The van der Waals surface area contributed by atoms with Crippen molar-refractivity contribution in [1.29, 1.82) is 0 Å². The smallest absolute Gasteiger partial charge is 0.250 e. The molecule has 0 amide bonds. The minimum absolute atomic E-state index is 0.136. The van der Waals surface area contributed by atoms with Crippen LogP contribution in [0.1, 0.15) is 97.6 Å². The zero-order valence-electron chi connectivity index (χ0n) is 20.6. The highest BCUT2D eigenvalue weighted by molar-refractivity contribution is 6.74. The summed E-state index contributed by atoms with van der Waals surface area (Å²) in [6.07, 6.45) is 9.80. The molecule has 1 aromatic carbocycles. The Morgan fingerprint density at radius 1 is 1.07 bits per heavy atom. The van der Waals surface area contributed by atoms with Gasteiger partial charge in [0.2, 0.25) is 8.32 Å². The summed E-state index contributed by atoms with van der Waals surface area (Å²) in [6.45, 7) is 16.1. The fourth-order valence-corrected chi connectivity index (χ4v) is 8.14. The zero-order chi connectivity index (χ0) is 21.9. The first-order valence-corrected chi connectivity index (χ1v) is 15.0. The molecule has 0 spiro atoms. The van der Waals surface area contributed by atoms with Gasteiger partial charge in [-0.2, -0.15) is 0 Å². The number of hydrogen-bond acceptors (Lipinski definition) is 2. The van der Waals surface area contributed by atoms with Gasteiger partial charge in [-0.15, -0.1) is 0 Å². The molecule has 0 bridgehead atoms. The van der Waals surface area contributed by atoms with Crippen LogP contribution in [0.3, 0.4) is 0 Å². The molecule has 1 aliphatic heterocycles. The molecule has 2 atom stereocenters. The second kappa shape index (κ2) is 9.50. The van der Waals surface area contributed by atoms with E-state index < -0.39 is 8.32 Å². The fraction of sp³-hybridized carbons (Fsp3) is 0.704. The molecule has 1 aromatic rings. The summed E-state index contributed by atoms with van der Waals surface area (Å²) in [7, 11) is -1.76. The molecular weight excluding hydrogens is 384 g/mol. The summed E-state index contributed by atoms with van der Waals surface area (Å²) in [4.78, 5) is 0. The van der Waals surface area contributed by atoms with Crippen molar-refractivity contribution in [3.8, 4) is 11.5 Å². The lowest BCUT2D eigenvalue weighted by atomic mass is 9.68. The Labute approximate surface area is 186 Å². The average Bonchev–Trinajstić information content (AvgIpc) is 2.71. The monoisotopic (exact) mass is 428 g/mol. The molecule has 2 nitrogen and oxygen atoms in total. The fourth-order valence-electron chi connectivity index (χ4n) is 5.57. The SMILES string of the molecule is CCCCCc1cc2c(c(O[Si](CC)(CC)CC)c1)[C@H]1C=C(C)CC[C@@H]1C(C)(C)O2. The maximum absolute atomic E-state index is 7.08. The molecule has 1 heterocycles. The van der Waals surface area contributed by atoms with Gasteiger partial charge in [-0.25, -0.2) is 0 Å². The van der Waals surface area contributed by atoms with E-state index in [9.17, 15) is 0 Å². The quantitative estimate of drug-likeness (QED) is 0.223. The summed E-state index contributed by atoms with van der Waals surface area (Å²) in [5, 5.41) is 0. The third kappa shape index (κ3) is 4.66. The van der Waals surface area contributed by atoms with E-state index in [1.165, 1.54) is 66.9 Å². The van der Waals surface area contributed by atoms with E-state index >= 15 is 0 Å². The first-order valence-electron chi connectivity index (χ1n) is 12.5. The Morgan fingerprint density at radius 2 is 1.77 bits per heavy atom. The van der Waals surface area contributed by atoms with E-state index in [1.54, 1.807) is 0 Å². The summed E-state index contributed by atoms with van der Waals surface area (Å²) in [6, 6.07) is 8.23. The molecule has 168 valence electrons. The Morgan fingerprint density at radius 3 is 2.40 bits per heavy atom. The molecule has 0 saturated heterocycles. The second-order valence-corrected chi connectivity index (χ2v) is 14.9. The number of ether oxygens (including phenoxy) is 1. The number of fused-ring (bicyclic) bond motifs is 3. The second-order valence-electron chi connectivity index (χ2n) is 10.2. The predicted molar refractivity (Wildman–Crippen MR) is 131 cm³/mol. The molecule has 30 heavy (non-hydrogen) atoms. The van der Waals surface area contributed by atoms with Crippen molar-refractivity contribution in [1.82, 2.24) is 0 Å². The Kier molecular flexibility index (Phi) is 7.43. The van der Waals surface area contributed by atoms with Crippen molar-refractivity contribution in [3.05, 3.63) is 34.9 Å².